The smallest absolute Gasteiger partial charge is 0.0602 e. The molecule has 0 saturated heterocycles. The highest BCUT2D eigenvalue weighted by molar-refractivity contribution is 6.18. The van der Waals surface area contributed by atoms with Gasteiger partial charge in [-0.15, -0.1) is 34.8 Å². The van der Waals surface area contributed by atoms with Crippen molar-refractivity contribution in [1.29, 1.82) is 0 Å². The Kier molecular flexibility index (Phi) is 22.2. The Hall–Kier alpha value is 0.790. The molecule has 0 spiro atoms. The Bertz CT molecular complexity index is 49.1. The van der Waals surface area contributed by atoms with Crippen LogP contribution in [-0.2, 0) is 4.74 Å². The summed E-state index contributed by atoms with van der Waals surface area (Å²) in [5, 5.41) is 7.74. The van der Waals surface area contributed by atoms with E-state index >= 15 is 0 Å². The van der Waals surface area contributed by atoms with Gasteiger partial charge < -0.3 is 9.84 Å². The zero-order valence-electron chi connectivity index (χ0n) is 6.23. The fourth-order valence-electron chi connectivity index (χ4n) is 0.211. The molecule has 1 N–H and O–H groups in total. The van der Waals surface area contributed by atoms with Crippen LogP contribution in [0.3, 0.4) is 0 Å². The van der Waals surface area contributed by atoms with Gasteiger partial charge in [0.15, 0.2) is 0 Å². The van der Waals surface area contributed by atoms with Crippen molar-refractivity contribution in [3.8, 4) is 0 Å². The normalized spacial score (nSPS) is 8.73. The molecule has 0 aliphatic heterocycles. The van der Waals surface area contributed by atoms with Gasteiger partial charge in [-0.3, -0.25) is 0 Å². The van der Waals surface area contributed by atoms with Gasteiger partial charge in [0.2, 0.25) is 0 Å². The number of halogens is 3. The molecule has 0 aromatic carbocycles. The summed E-state index contributed by atoms with van der Waals surface area (Å²) in [5.74, 6) is 1.45. The Morgan fingerprint density at radius 3 is 1.45 bits per heavy atom. The molecule has 0 aliphatic carbocycles. The summed E-state index contributed by atoms with van der Waals surface area (Å²) in [4.78, 5) is 0. The SMILES string of the molecule is ClCCOCCCl.OCCCl. The van der Waals surface area contributed by atoms with Gasteiger partial charge in [-0.1, -0.05) is 0 Å². The lowest BCUT2D eigenvalue weighted by molar-refractivity contribution is 0.165. The first-order chi connectivity index (χ1) is 5.33. The maximum absolute atomic E-state index is 7.74. The van der Waals surface area contributed by atoms with Crippen molar-refractivity contribution in [3.05, 3.63) is 0 Å². The van der Waals surface area contributed by atoms with Crippen LogP contribution in [0.15, 0.2) is 0 Å². The van der Waals surface area contributed by atoms with Gasteiger partial charge in [0.05, 0.1) is 19.8 Å². The molecule has 0 aromatic heterocycles. The van der Waals surface area contributed by atoms with Crippen molar-refractivity contribution < 1.29 is 9.84 Å². The molecule has 0 atom stereocenters. The van der Waals surface area contributed by atoms with Gasteiger partial charge in [-0.2, -0.15) is 0 Å². The van der Waals surface area contributed by atoms with Crippen LogP contribution in [-0.4, -0.2) is 42.6 Å². The van der Waals surface area contributed by atoms with E-state index in [1.165, 1.54) is 0 Å². The van der Waals surface area contributed by atoms with Gasteiger partial charge in [-0.25, -0.2) is 0 Å². The molecule has 2 nitrogen and oxygen atoms in total. The van der Waals surface area contributed by atoms with Crippen molar-refractivity contribution in [2.75, 3.05) is 37.5 Å². The topological polar surface area (TPSA) is 29.5 Å². The maximum Gasteiger partial charge on any atom is 0.0602 e. The Balaban J connectivity index is 0. The fraction of sp³-hybridized carbons (Fsp3) is 1.00. The van der Waals surface area contributed by atoms with Crippen molar-refractivity contribution in [2.45, 2.75) is 0 Å². The van der Waals surface area contributed by atoms with E-state index in [4.69, 9.17) is 44.6 Å². The summed E-state index contributed by atoms with van der Waals surface area (Å²) in [5.41, 5.74) is 0. The van der Waals surface area contributed by atoms with E-state index in [2.05, 4.69) is 0 Å². The third kappa shape index (κ3) is 24.9. The summed E-state index contributed by atoms with van der Waals surface area (Å²) in [6.07, 6.45) is 0. The summed E-state index contributed by atoms with van der Waals surface area (Å²) in [6, 6.07) is 0. The molecule has 0 aromatic rings. The van der Waals surface area contributed by atoms with Crippen LogP contribution in [0.2, 0.25) is 0 Å². The van der Waals surface area contributed by atoms with E-state index in [9.17, 15) is 0 Å². The molecule has 0 radical (unpaired) electrons. The highest BCUT2D eigenvalue weighted by Gasteiger charge is 1.80. The maximum atomic E-state index is 7.74. The van der Waals surface area contributed by atoms with Crippen molar-refractivity contribution in [1.82, 2.24) is 0 Å². The molecule has 0 fully saturated rings. The number of alkyl halides is 3. The number of ether oxygens (including phenoxy) is 1. The van der Waals surface area contributed by atoms with Crippen LogP contribution in [0.25, 0.3) is 0 Å². The Morgan fingerprint density at radius 1 is 0.909 bits per heavy atom. The van der Waals surface area contributed by atoms with Crippen LogP contribution in [0.1, 0.15) is 0 Å². The number of hydrogen-bond acceptors (Lipinski definition) is 2. The predicted molar refractivity (Wildman–Crippen MR) is 50.1 cm³/mol. The summed E-state index contributed by atoms with van der Waals surface area (Å²) < 4.78 is 4.87. The van der Waals surface area contributed by atoms with E-state index < -0.39 is 0 Å². The first kappa shape index (κ1) is 14.3. The van der Waals surface area contributed by atoms with Crippen LogP contribution in [0.4, 0.5) is 0 Å². The highest BCUT2D eigenvalue weighted by Crippen LogP contribution is 1.80. The first-order valence-electron chi connectivity index (χ1n) is 3.20. The highest BCUT2D eigenvalue weighted by atomic mass is 35.5. The van der Waals surface area contributed by atoms with E-state index in [0.29, 0.717) is 30.9 Å². The molecule has 0 aliphatic rings. The average molecular weight is 224 g/mol. The Morgan fingerprint density at radius 2 is 1.27 bits per heavy atom. The second kappa shape index (κ2) is 17.0. The number of aliphatic hydroxyl groups is 1. The molecule has 0 bridgehead atoms. The minimum atomic E-state index is 0.0849. The molecule has 0 rings (SSSR count). The minimum absolute atomic E-state index is 0.0849. The molecule has 11 heavy (non-hydrogen) atoms. The average Bonchev–Trinajstić information content (AvgIpc) is 2.06. The van der Waals surface area contributed by atoms with Gasteiger partial charge in [0.1, 0.15) is 0 Å². The first-order valence-corrected chi connectivity index (χ1v) is 4.80. The minimum Gasteiger partial charge on any atom is -0.395 e. The molecule has 0 heterocycles. The number of rotatable bonds is 5. The van der Waals surface area contributed by atoms with Gasteiger partial charge in [-0.05, 0) is 0 Å². The van der Waals surface area contributed by atoms with Crippen molar-refractivity contribution >= 4 is 34.8 Å². The molecular formula is C6H13Cl3O2. The van der Waals surface area contributed by atoms with Gasteiger partial charge in [0.25, 0.3) is 0 Å². The second-order valence-corrected chi connectivity index (χ2v) is 2.54. The molecule has 0 unspecified atom stereocenters. The fourth-order valence-corrected chi connectivity index (χ4v) is 0.429. The number of aliphatic hydroxyl groups excluding tert-OH is 1. The Labute approximate surface area is 82.4 Å². The largest absolute Gasteiger partial charge is 0.395 e. The second-order valence-electron chi connectivity index (χ2n) is 1.40. The van der Waals surface area contributed by atoms with Crippen LogP contribution >= 0.6 is 34.8 Å². The van der Waals surface area contributed by atoms with Crippen molar-refractivity contribution in [3.63, 3.8) is 0 Å². The molecule has 5 heteroatoms. The molecule has 70 valence electrons. The molecule has 0 amide bonds. The standard InChI is InChI=1S/C4H8Cl2O.C2H5ClO/c5-1-3-7-4-2-6;3-1-2-4/h1-4H2;4H,1-2H2. The predicted octanol–water partition coefficient (Wildman–Crippen LogP) is 1.70. The molecule has 0 saturated carbocycles. The van der Waals surface area contributed by atoms with E-state index in [1.54, 1.807) is 0 Å². The zero-order valence-corrected chi connectivity index (χ0v) is 8.50. The van der Waals surface area contributed by atoms with Crippen LogP contribution in [0.5, 0.6) is 0 Å². The lowest BCUT2D eigenvalue weighted by Crippen LogP contribution is -1.97. The van der Waals surface area contributed by atoms with E-state index in [1.807, 2.05) is 0 Å². The van der Waals surface area contributed by atoms with E-state index in [0.717, 1.165) is 0 Å². The third-order valence-electron chi connectivity index (χ3n) is 0.527. The third-order valence-corrected chi connectivity index (χ3v) is 1.01. The molecular weight excluding hydrogens is 210 g/mol. The lowest BCUT2D eigenvalue weighted by Gasteiger charge is -1.93. The lowest BCUT2D eigenvalue weighted by atomic mass is 10.8. The van der Waals surface area contributed by atoms with Crippen molar-refractivity contribution in [2.24, 2.45) is 0 Å². The van der Waals surface area contributed by atoms with Gasteiger partial charge in [0, 0.05) is 17.6 Å². The van der Waals surface area contributed by atoms with Gasteiger partial charge >= 0.3 is 0 Å². The van der Waals surface area contributed by atoms with E-state index in [-0.39, 0.29) is 6.61 Å². The summed E-state index contributed by atoms with van der Waals surface area (Å²) in [7, 11) is 0. The van der Waals surface area contributed by atoms with Crippen LogP contribution < -0.4 is 0 Å². The zero-order chi connectivity index (χ0) is 8.95. The van der Waals surface area contributed by atoms with Crippen LogP contribution in [0, 0.1) is 0 Å². The summed E-state index contributed by atoms with van der Waals surface area (Å²) in [6.45, 7) is 1.30. The summed E-state index contributed by atoms with van der Waals surface area (Å²) >= 11 is 15.5. The monoisotopic (exact) mass is 222 g/mol. The quantitative estimate of drug-likeness (QED) is 0.568. The number of hydrogen-bond donors (Lipinski definition) is 1.